The first kappa shape index (κ1) is 14.2. The van der Waals surface area contributed by atoms with Gasteiger partial charge in [0.2, 0.25) is 0 Å². The van der Waals surface area contributed by atoms with Crippen molar-refractivity contribution >= 4 is 9.84 Å². The second-order valence-electron chi connectivity index (χ2n) is 4.74. The van der Waals surface area contributed by atoms with E-state index in [0.717, 1.165) is 13.0 Å². The molecule has 4 heteroatoms. The number of sulfone groups is 1. The summed E-state index contributed by atoms with van der Waals surface area (Å²) in [7, 11) is -0.982. The van der Waals surface area contributed by atoms with Gasteiger partial charge >= 0.3 is 0 Å². The zero-order valence-electron chi connectivity index (χ0n) is 11.0. The lowest BCUT2D eigenvalue weighted by atomic mass is 10.1. The third-order valence-corrected chi connectivity index (χ3v) is 4.11. The molecule has 0 radical (unpaired) electrons. The summed E-state index contributed by atoms with van der Waals surface area (Å²) in [5.74, 6) is 0. The van der Waals surface area contributed by atoms with Crippen molar-refractivity contribution in [3.05, 3.63) is 29.8 Å². The Kier molecular flexibility index (Phi) is 4.71. The van der Waals surface area contributed by atoms with Gasteiger partial charge in [0.1, 0.15) is 0 Å². The quantitative estimate of drug-likeness (QED) is 0.807. The molecule has 96 valence electrons. The van der Waals surface area contributed by atoms with Gasteiger partial charge in [-0.2, -0.15) is 0 Å². The first-order chi connectivity index (χ1) is 7.80. The molecule has 0 saturated heterocycles. The minimum Gasteiger partial charge on any atom is -0.304 e. The molecular weight excluding hydrogens is 234 g/mol. The maximum Gasteiger partial charge on any atom is 0.175 e. The van der Waals surface area contributed by atoms with Crippen molar-refractivity contribution in [2.45, 2.75) is 31.2 Å². The van der Waals surface area contributed by atoms with Crippen LogP contribution in [0.1, 0.15) is 19.4 Å². The van der Waals surface area contributed by atoms with Crippen molar-refractivity contribution in [1.29, 1.82) is 0 Å². The number of hydrogen-bond acceptors (Lipinski definition) is 3. The Morgan fingerprint density at radius 3 is 2.12 bits per heavy atom. The zero-order chi connectivity index (χ0) is 13.1. The highest BCUT2D eigenvalue weighted by molar-refractivity contribution is 7.90. The smallest absolute Gasteiger partial charge is 0.175 e. The molecule has 0 N–H and O–H groups in total. The molecule has 0 amide bonds. The van der Waals surface area contributed by atoms with Crippen LogP contribution in [0.2, 0.25) is 0 Å². The summed E-state index contributed by atoms with van der Waals surface area (Å²) in [4.78, 5) is 2.66. The molecule has 0 atom stereocenters. The van der Waals surface area contributed by atoms with E-state index in [1.165, 1.54) is 11.8 Å². The minimum absolute atomic E-state index is 0.387. The van der Waals surface area contributed by atoms with Crippen LogP contribution >= 0.6 is 0 Å². The zero-order valence-corrected chi connectivity index (χ0v) is 11.8. The maximum absolute atomic E-state index is 11.3. The van der Waals surface area contributed by atoms with Gasteiger partial charge in [-0.25, -0.2) is 8.42 Å². The molecular formula is C13H21NO2S. The van der Waals surface area contributed by atoms with Crippen LogP contribution in [-0.4, -0.2) is 39.2 Å². The van der Waals surface area contributed by atoms with Crippen LogP contribution in [0, 0.1) is 0 Å². The highest BCUT2D eigenvalue weighted by Gasteiger charge is 2.07. The molecule has 0 bridgehead atoms. The third kappa shape index (κ3) is 4.48. The molecule has 0 unspecified atom stereocenters. The van der Waals surface area contributed by atoms with E-state index in [-0.39, 0.29) is 0 Å². The fourth-order valence-corrected chi connectivity index (χ4v) is 2.10. The van der Waals surface area contributed by atoms with Gasteiger partial charge in [0.05, 0.1) is 4.90 Å². The van der Waals surface area contributed by atoms with E-state index >= 15 is 0 Å². The van der Waals surface area contributed by atoms with Crippen LogP contribution < -0.4 is 0 Å². The van der Waals surface area contributed by atoms with Crippen molar-refractivity contribution in [3.8, 4) is 0 Å². The predicted molar refractivity (Wildman–Crippen MR) is 71.0 cm³/mol. The Morgan fingerprint density at radius 2 is 1.71 bits per heavy atom. The topological polar surface area (TPSA) is 37.4 Å². The predicted octanol–water partition coefficient (Wildman–Crippen LogP) is 1.97. The average molecular weight is 255 g/mol. The van der Waals surface area contributed by atoms with Crippen LogP contribution in [0.4, 0.5) is 0 Å². The normalized spacial score (nSPS) is 12.4. The molecule has 1 rings (SSSR count). The van der Waals surface area contributed by atoms with E-state index < -0.39 is 9.84 Å². The summed E-state index contributed by atoms with van der Waals surface area (Å²) in [5.41, 5.74) is 1.17. The molecule has 0 spiro atoms. The molecule has 3 nitrogen and oxygen atoms in total. The standard InChI is InChI=1S/C13H21NO2S/c1-11(2)14(3)10-9-12-5-7-13(8-6-12)17(4,15)16/h5-8,11H,9-10H2,1-4H3. The Bertz CT molecular complexity index is 449. The summed E-state index contributed by atoms with van der Waals surface area (Å²) in [5, 5.41) is 0. The molecule has 0 aliphatic rings. The van der Waals surface area contributed by atoms with E-state index in [1.807, 2.05) is 12.1 Å². The average Bonchev–Trinajstić information content (AvgIpc) is 2.25. The molecule has 1 aromatic rings. The van der Waals surface area contributed by atoms with Gasteiger partial charge in [0, 0.05) is 18.8 Å². The van der Waals surface area contributed by atoms with Crippen molar-refractivity contribution < 1.29 is 8.42 Å². The lowest BCUT2D eigenvalue weighted by Gasteiger charge is -2.20. The van der Waals surface area contributed by atoms with Crippen molar-refractivity contribution in [1.82, 2.24) is 4.90 Å². The Labute approximate surface area is 104 Å². The Hall–Kier alpha value is -0.870. The Balaban J connectivity index is 2.64. The number of benzene rings is 1. The van der Waals surface area contributed by atoms with Crippen LogP contribution in [0.15, 0.2) is 29.2 Å². The van der Waals surface area contributed by atoms with Crippen molar-refractivity contribution in [2.24, 2.45) is 0 Å². The van der Waals surface area contributed by atoms with Crippen molar-refractivity contribution in [2.75, 3.05) is 19.8 Å². The first-order valence-electron chi connectivity index (χ1n) is 5.80. The highest BCUT2D eigenvalue weighted by atomic mass is 32.2. The summed E-state index contributed by atoms with van der Waals surface area (Å²) < 4.78 is 22.6. The maximum atomic E-state index is 11.3. The van der Waals surface area contributed by atoms with Crippen LogP contribution in [-0.2, 0) is 16.3 Å². The fourth-order valence-electron chi connectivity index (χ4n) is 1.47. The number of hydrogen-bond donors (Lipinski definition) is 0. The van der Waals surface area contributed by atoms with E-state index in [4.69, 9.17) is 0 Å². The van der Waals surface area contributed by atoms with Crippen LogP contribution in [0.3, 0.4) is 0 Å². The number of rotatable bonds is 5. The van der Waals surface area contributed by atoms with Gasteiger partial charge in [-0.15, -0.1) is 0 Å². The molecule has 0 heterocycles. The lowest BCUT2D eigenvalue weighted by molar-refractivity contribution is 0.277. The van der Waals surface area contributed by atoms with Gasteiger partial charge in [0.15, 0.2) is 9.84 Å². The molecule has 0 aliphatic carbocycles. The van der Waals surface area contributed by atoms with E-state index in [9.17, 15) is 8.42 Å². The highest BCUT2D eigenvalue weighted by Crippen LogP contribution is 2.11. The summed E-state index contributed by atoms with van der Waals surface area (Å²) in [6.45, 7) is 5.30. The van der Waals surface area contributed by atoms with Gasteiger partial charge in [-0.1, -0.05) is 12.1 Å². The van der Waals surface area contributed by atoms with Gasteiger partial charge in [-0.05, 0) is 45.0 Å². The monoisotopic (exact) mass is 255 g/mol. The second-order valence-corrected chi connectivity index (χ2v) is 6.76. The summed E-state index contributed by atoms with van der Waals surface area (Å²) >= 11 is 0. The molecule has 0 fully saturated rings. The summed E-state index contributed by atoms with van der Waals surface area (Å²) in [6, 6.07) is 7.68. The second kappa shape index (κ2) is 5.65. The molecule has 0 aromatic heterocycles. The van der Waals surface area contributed by atoms with Gasteiger partial charge in [0.25, 0.3) is 0 Å². The lowest BCUT2D eigenvalue weighted by Crippen LogP contribution is -2.28. The number of nitrogens with zero attached hydrogens (tertiary/aromatic N) is 1. The van der Waals surface area contributed by atoms with E-state index in [1.54, 1.807) is 12.1 Å². The minimum atomic E-state index is -3.07. The summed E-state index contributed by atoms with van der Waals surface area (Å²) in [6.07, 6.45) is 2.17. The molecule has 0 saturated carbocycles. The number of likely N-dealkylation sites (N-methyl/N-ethyl adjacent to an activating group) is 1. The van der Waals surface area contributed by atoms with Crippen LogP contribution in [0.25, 0.3) is 0 Å². The van der Waals surface area contributed by atoms with Crippen molar-refractivity contribution in [3.63, 3.8) is 0 Å². The molecule has 17 heavy (non-hydrogen) atoms. The van der Waals surface area contributed by atoms with E-state index in [0.29, 0.717) is 10.9 Å². The Morgan fingerprint density at radius 1 is 1.18 bits per heavy atom. The largest absolute Gasteiger partial charge is 0.304 e. The first-order valence-corrected chi connectivity index (χ1v) is 7.69. The van der Waals surface area contributed by atoms with E-state index in [2.05, 4.69) is 25.8 Å². The van der Waals surface area contributed by atoms with Crippen LogP contribution in [0.5, 0.6) is 0 Å². The molecule has 1 aromatic carbocycles. The van der Waals surface area contributed by atoms with Gasteiger partial charge in [-0.3, -0.25) is 0 Å². The molecule has 0 aliphatic heterocycles. The fraction of sp³-hybridized carbons (Fsp3) is 0.538. The third-order valence-electron chi connectivity index (χ3n) is 2.99. The van der Waals surface area contributed by atoms with Gasteiger partial charge < -0.3 is 4.90 Å². The SMILES string of the molecule is CC(C)N(C)CCc1ccc(S(C)(=O)=O)cc1.